The average molecular weight is 367 g/mol. The molecule has 2 heterocycles. The van der Waals surface area contributed by atoms with Crippen molar-refractivity contribution >= 4 is 5.91 Å². The minimum Gasteiger partial charge on any atom is -0.379 e. The number of carbonyl (C=O) groups is 1. The molecule has 1 aromatic carbocycles. The number of ether oxygens (including phenoxy) is 1. The van der Waals surface area contributed by atoms with E-state index >= 15 is 0 Å². The maximum atomic E-state index is 12.9. The minimum atomic E-state index is -4.42. The number of aryl methyl sites for hydroxylation is 1. The van der Waals surface area contributed by atoms with Gasteiger partial charge >= 0.3 is 6.18 Å². The summed E-state index contributed by atoms with van der Waals surface area (Å²) in [5, 5.41) is 7.11. The molecule has 1 aliphatic heterocycles. The largest absolute Gasteiger partial charge is 0.416 e. The molecule has 2 aromatic rings. The number of hydrogen-bond acceptors (Lipinski definition) is 3. The lowest BCUT2D eigenvalue weighted by Gasteiger charge is -2.16. The van der Waals surface area contributed by atoms with E-state index < -0.39 is 17.8 Å². The van der Waals surface area contributed by atoms with E-state index in [0.717, 1.165) is 18.6 Å². The van der Waals surface area contributed by atoms with Crippen molar-refractivity contribution in [2.75, 3.05) is 13.2 Å². The molecule has 5 nitrogen and oxygen atoms in total. The minimum absolute atomic E-state index is 0.108. The van der Waals surface area contributed by atoms with Gasteiger partial charge in [0.25, 0.3) is 5.91 Å². The van der Waals surface area contributed by atoms with Gasteiger partial charge in [-0.05, 0) is 38.0 Å². The van der Waals surface area contributed by atoms with E-state index in [1.54, 1.807) is 30.8 Å². The van der Waals surface area contributed by atoms with Gasteiger partial charge in [0, 0.05) is 12.8 Å². The van der Waals surface area contributed by atoms with Crippen LogP contribution in [0.15, 0.2) is 30.5 Å². The Morgan fingerprint density at radius 2 is 2.19 bits per heavy atom. The van der Waals surface area contributed by atoms with Crippen molar-refractivity contribution < 1.29 is 22.7 Å². The molecule has 140 valence electrons. The molecule has 0 spiro atoms. The lowest BCUT2D eigenvalue weighted by molar-refractivity contribution is -0.137. The highest BCUT2D eigenvalue weighted by atomic mass is 19.4. The third-order valence-electron chi connectivity index (χ3n) is 4.50. The van der Waals surface area contributed by atoms with Crippen LogP contribution in [0.5, 0.6) is 0 Å². The van der Waals surface area contributed by atoms with Gasteiger partial charge in [-0.2, -0.15) is 18.3 Å². The summed E-state index contributed by atoms with van der Waals surface area (Å²) in [6.07, 6.45) is -1.91. The zero-order valence-corrected chi connectivity index (χ0v) is 14.5. The van der Waals surface area contributed by atoms with Gasteiger partial charge in [0.15, 0.2) is 0 Å². The summed E-state index contributed by atoms with van der Waals surface area (Å²) >= 11 is 0. The van der Waals surface area contributed by atoms with Crippen LogP contribution in [0.4, 0.5) is 13.2 Å². The second-order valence-corrected chi connectivity index (χ2v) is 6.44. The quantitative estimate of drug-likeness (QED) is 0.897. The Morgan fingerprint density at radius 1 is 1.42 bits per heavy atom. The van der Waals surface area contributed by atoms with Gasteiger partial charge < -0.3 is 10.1 Å². The molecule has 2 atom stereocenters. The number of aromatic nitrogens is 2. The van der Waals surface area contributed by atoms with Crippen LogP contribution >= 0.6 is 0 Å². The monoisotopic (exact) mass is 367 g/mol. The summed E-state index contributed by atoms with van der Waals surface area (Å²) in [6.45, 7) is 4.61. The Labute approximate surface area is 149 Å². The summed E-state index contributed by atoms with van der Waals surface area (Å²) in [5.74, 6) is -0.363. The van der Waals surface area contributed by atoms with Crippen LogP contribution in [0, 0.1) is 6.92 Å². The lowest BCUT2D eigenvalue weighted by Crippen LogP contribution is -2.27. The molecule has 8 heteroatoms. The molecule has 0 bridgehead atoms. The molecule has 1 saturated heterocycles. The fourth-order valence-electron chi connectivity index (χ4n) is 2.96. The number of amides is 1. The molecule has 1 aliphatic rings. The first-order valence-electron chi connectivity index (χ1n) is 8.37. The number of halogens is 3. The van der Waals surface area contributed by atoms with Crippen molar-refractivity contribution in [1.82, 2.24) is 15.1 Å². The van der Waals surface area contributed by atoms with Crippen LogP contribution in [0.1, 0.15) is 52.6 Å². The predicted molar refractivity (Wildman–Crippen MR) is 88.8 cm³/mol. The van der Waals surface area contributed by atoms with Gasteiger partial charge in [-0.3, -0.25) is 9.48 Å². The smallest absolute Gasteiger partial charge is 0.379 e. The van der Waals surface area contributed by atoms with Crippen molar-refractivity contribution in [3.05, 3.63) is 52.8 Å². The summed E-state index contributed by atoms with van der Waals surface area (Å²) in [7, 11) is 0. The van der Waals surface area contributed by atoms with Gasteiger partial charge in [0.2, 0.25) is 0 Å². The van der Waals surface area contributed by atoms with Crippen LogP contribution < -0.4 is 5.32 Å². The molecule has 0 saturated carbocycles. The maximum absolute atomic E-state index is 12.9. The van der Waals surface area contributed by atoms with E-state index in [1.807, 2.05) is 0 Å². The Hall–Kier alpha value is -2.35. The normalized spacial score (nSPS) is 18.7. The number of carbonyl (C=O) groups excluding carboxylic acids is 1. The highest BCUT2D eigenvalue weighted by molar-refractivity contribution is 5.95. The predicted octanol–water partition coefficient (Wildman–Crippen LogP) is 3.66. The lowest BCUT2D eigenvalue weighted by atomic mass is 10.0. The first-order valence-corrected chi connectivity index (χ1v) is 8.37. The first kappa shape index (κ1) is 18.4. The zero-order valence-electron chi connectivity index (χ0n) is 14.5. The standard InChI is InChI=1S/C18H20F3N3O2/c1-11(13-4-3-5-14(8-13)18(19,20)21)22-17(25)16-9-24(23-12(16)2)15-6-7-26-10-15/h3-5,8-9,11,15H,6-7,10H2,1-2H3,(H,22,25). The Kier molecular flexibility index (Phi) is 5.04. The number of nitrogens with zero attached hydrogens (tertiary/aromatic N) is 2. The number of nitrogens with one attached hydrogen (secondary N) is 1. The Bertz CT molecular complexity index is 795. The molecule has 1 fully saturated rings. The highest BCUT2D eigenvalue weighted by Crippen LogP contribution is 2.30. The Balaban J connectivity index is 1.73. The van der Waals surface area contributed by atoms with Gasteiger partial charge in [-0.1, -0.05) is 12.1 Å². The van der Waals surface area contributed by atoms with Gasteiger partial charge in [-0.25, -0.2) is 0 Å². The van der Waals surface area contributed by atoms with Crippen LogP contribution in [-0.4, -0.2) is 28.9 Å². The van der Waals surface area contributed by atoms with E-state index in [0.29, 0.717) is 30.0 Å². The summed E-state index contributed by atoms with van der Waals surface area (Å²) < 4.78 is 45.6. The number of alkyl halides is 3. The molecule has 0 aliphatic carbocycles. The van der Waals surface area contributed by atoms with Gasteiger partial charge in [0.1, 0.15) is 0 Å². The van der Waals surface area contributed by atoms with Crippen molar-refractivity contribution in [2.45, 2.75) is 38.5 Å². The second kappa shape index (κ2) is 7.11. The van der Waals surface area contributed by atoms with Crippen molar-refractivity contribution in [2.24, 2.45) is 0 Å². The number of hydrogen-bond donors (Lipinski definition) is 1. The number of benzene rings is 1. The zero-order chi connectivity index (χ0) is 18.9. The van der Waals surface area contributed by atoms with Crippen LogP contribution in [-0.2, 0) is 10.9 Å². The van der Waals surface area contributed by atoms with Crippen LogP contribution in [0.25, 0.3) is 0 Å². The molecule has 26 heavy (non-hydrogen) atoms. The van der Waals surface area contributed by atoms with Gasteiger partial charge in [0.05, 0.1) is 35.5 Å². The maximum Gasteiger partial charge on any atom is 0.416 e. The van der Waals surface area contributed by atoms with Crippen LogP contribution in [0.3, 0.4) is 0 Å². The first-order chi connectivity index (χ1) is 12.3. The summed E-state index contributed by atoms with van der Waals surface area (Å²) in [5.41, 5.74) is 0.644. The molecular weight excluding hydrogens is 347 g/mol. The molecular formula is C18H20F3N3O2. The van der Waals surface area contributed by atoms with E-state index in [4.69, 9.17) is 4.74 Å². The molecule has 1 N–H and O–H groups in total. The highest BCUT2D eigenvalue weighted by Gasteiger charge is 2.31. The van der Waals surface area contributed by atoms with Crippen molar-refractivity contribution in [3.8, 4) is 0 Å². The van der Waals surface area contributed by atoms with Crippen molar-refractivity contribution in [1.29, 1.82) is 0 Å². The molecule has 0 radical (unpaired) electrons. The third-order valence-corrected chi connectivity index (χ3v) is 4.50. The average Bonchev–Trinajstić information content (AvgIpc) is 3.23. The van der Waals surface area contributed by atoms with Gasteiger partial charge in [-0.15, -0.1) is 0 Å². The SMILES string of the molecule is Cc1nn(C2CCOC2)cc1C(=O)NC(C)c1cccc(C(F)(F)F)c1. The fourth-order valence-corrected chi connectivity index (χ4v) is 2.96. The van der Waals surface area contributed by atoms with E-state index in [-0.39, 0.29) is 11.9 Å². The topological polar surface area (TPSA) is 56.2 Å². The van der Waals surface area contributed by atoms with Crippen LogP contribution in [0.2, 0.25) is 0 Å². The second-order valence-electron chi connectivity index (χ2n) is 6.44. The third kappa shape index (κ3) is 3.90. The van der Waals surface area contributed by atoms with E-state index in [9.17, 15) is 18.0 Å². The molecule has 2 unspecified atom stereocenters. The summed E-state index contributed by atoms with van der Waals surface area (Å²) in [4.78, 5) is 12.5. The van der Waals surface area contributed by atoms with E-state index in [1.165, 1.54) is 6.07 Å². The number of rotatable bonds is 4. The molecule has 3 rings (SSSR count). The van der Waals surface area contributed by atoms with E-state index in [2.05, 4.69) is 10.4 Å². The Morgan fingerprint density at radius 3 is 2.85 bits per heavy atom. The molecule has 1 aromatic heterocycles. The molecule has 1 amide bonds. The summed E-state index contributed by atoms with van der Waals surface area (Å²) in [6, 6.07) is 4.50. The van der Waals surface area contributed by atoms with Crippen molar-refractivity contribution in [3.63, 3.8) is 0 Å². The fraction of sp³-hybridized carbons (Fsp3) is 0.444.